The van der Waals surface area contributed by atoms with Crippen molar-refractivity contribution in [3.63, 3.8) is 0 Å². The molecule has 0 radical (unpaired) electrons. The van der Waals surface area contributed by atoms with E-state index in [9.17, 15) is 0 Å². The smallest absolute Gasteiger partial charge is 0.119 e. The highest BCUT2D eigenvalue weighted by molar-refractivity contribution is 5.37. The van der Waals surface area contributed by atoms with E-state index in [-0.39, 0.29) is 0 Å². The number of rotatable bonds is 3. The zero-order valence-electron chi connectivity index (χ0n) is 12.7. The van der Waals surface area contributed by atoms with Crippen LogP contribution in [0, 0.1) is 0 Å². The van der Waals surface area contributed by atoms with Gasteiger partial charge in [-0.2, -0.15) is 0 Å². The Labute approximate surface area is 122 Å². The van der Waals surface area contributed by atoms with Crippen LogP contribution in [0.5, 0.6) is 5.75 Å². The lowest BCUT2D eigenvalue weighted by atomic mass is 9.86. The van der Waals surface area contributed by atoms with Crippen molar-refractivity contribution in [2.45, 2.75) is 44.2 Å². The summed E-state index contributed by atoms with van der Waals surface area (Å²) >= 11 is 0. The molecule has 0 bridgehead atoms. The SMILES string of the molecule is CNC1CCCN(C2CCc3ccc(OC)cc3C2)C1. The number of likely N-dealkylation sites (N-methyl/N-ethyl adjacent to an activating group) is 1. The summed E-state index contributed by atoms with van der Waals surface area (Å²) in [6.07, 6.45) is 6.35. The first-order valence-electron chi connectivity index (χ1n) is 7.87. The predicted molar refractivity (Wildman–Crippen MR) is 82.5 cm³/mol. The van der Waals surface area contributed by atoms with E-state index in [2.05, 4.69) is 35.5 Å². The van der Waals surface area contributed by atoms with Crippen LogP contribution in [0.3, 0.4) is 0 Å². The third-order valence-corrected chi connectivity index (χ3v) is 4.99. The summed E-state index contributed by atoms with van der Waals surface area (Å²) in [5.41, 5.74) is 3.01. The molecule has 0 aromatic heterocycles. The predicted octanol–water partition coefficient (Wildman–Crippen LogP) is 2.24. The summed E-state index contributed by atoms with van der Waals surface area (Å²) in [4.78, 5) is 2.70. The molecule has 2 atom stereocenters. The third kappa shape index (κ3) is 2.84. The monoisotopic (exact) mass is 274 g/mol. The molecule has 3 heteroatoms. The number of aryl methyl sites for hydroxylation is 1. The van der Waals surface area contributed by atoms with Crippen LogP contribution in [0.15, 0.2) is 18.2 Å². The number of likely N-dealkylation sites (tertiary alicyclic amines) is 1. The Morgan fingerprint density at radius 2 is 2.15 bits per heavy atom. The molecule has 1 aromatic rings. The Balaban J connectivity index is 1.71. The fraction of sp³-hybridized carbons (Fsp3) is 0.647. The van der Waals surface area contributed by atoms with Crippen LogP contribution in [0.25, 0.3) is 0 Å². The van der Waals surface area contributed by atoms with Crippen molar-refractivity contribution in [2.24, 2.45) is 0 Å². The Kier molecular flexibility index (Phi) is 4.27. The molecule has 3 nitrogen and oxygen atoms in total. The molecule has 1 aromatic carbocycles. The highest BCUT2D eigenvalue weighted by Gasteiger charge is 2.28. The van der Waals surface area contributed by atoms with Crippen LogP contribution in [0.1, 0.15) is 30.4 Å². The number of hydrogen-bond donors (Lipinski definition) is 1. The summed E-state index contributed by atoms with van der Waals surface area (Å²) in [7, 11) is 3.85. The second-order valence-electron chi connectivity index (χ2n) is 6.15. The van der Waals surface area contributed by atoms with Gasteiger partial charge in [-0.1, -0.05) is 6.07 Å². The first kappa shape index (κ1) is 13.9. The van der Waals surface area contributed by atoms with Crippen LogP contribution in [0.4, 0.5) is 0 Å². The van der Waals surface area contributed by atoms with Gasteiger partial charge >= 0.3 is 0 Å². The minimum Gasteiger partial charge on any atom is -0.497 e. The number of piperidine rings is 1. The van der Waals surface area contributed by atoms with Gasteiger partial charge in [-0.15, -0.1) is 0 Å². The van der Waals surface area contributed by atoms with Gasteiger partial charge in [-0.25, -0.2) is 0 Å². The molecule has 3 rings (SSSR count). The van der Waals surface area contributed by atoms with Gasteiger partial charge in [0.25, 0.3) is 0 Å². The largest absolute Gasteiger partial charge is 0.497 e. The molecule has 2 aliphatic rings. The van der Waals surface area contributed by atoms with Crippen LogP contribution in [-0.2, 0) is 12.8 Å². The first-order valence-corrected chi connectivity index (χ1v) is 7.87. The van der Waals surface area contributed by atoms with Gasteiger partial charge in [0.2, 0.25) is 0 Å². The van der Waals surface area contributed by atoms with Crippen LogP contribution < -0.4 is 10.1 Å². The molecule has 1 aliphatic carbocycles. The van der Waals surface area contributed by atoms with E-state index >= 15 is 0 Å². The second kappa shape index (κ2) is 6.15. The normalized spacial score (nSPS) is 27.1. The maximum Gasteiger partial charge on any atom is 0.119 e. The number of hydrogen-bond acceptors (Lipinski definition) is 3. The van der Waals surface area contributed by atoms with Gasteiger partial charge in [0.1, 0.15) is 5.75 Å². The van der Waals surface area contributed by atoms with Gasteiger partial charge in [0.05, 0.1) is 7.11 Å². The Bertz CT molecular complexity index is 460. The molecular weight excluding hydrogens is 248 g/mol. The first-order chi connectivity index (χ1) is 9.80. The molecule has 1 aliphatic heterocycles. The fourth-order valence-electron chi connectivity index (χ4n) is 3.73. The number of ether oxygens (including phenoxy) is 1. The van der Waals surface area contributed by atoms with Crippen molar-refractivity contribution in [3.8, 4) is 5.75 Å². The van der Waals surface area contributed by atoms with Crippen LogP contribution in [0.2, 0.25) is 0 Å². The maximum absolute atomic E-state index is 5.37. The molecular formula is C17H26N2O. The quantitative estimate of drug-likeness (QED) is 0.915. The van der Waals surface area contributed by atoms with Crippen molar-refractivity contribution in [1.29, 1.82) is 0 Å². The molecule has 0 amide bonds. The van der Waals surface area contributed by atoms with Gasteiger partial charge in [0.15, 0.2) is 0 Å². The van der Waals surface area contributed by atoms with E-state index in [0.717, 1.165) is 5.75 Å². The van der Waals surface area contributed by atoms with E-state index in [1.165, 1.54) is 56.3 Å². The molecule has 1 N–H and O–H groups in total. The average molecular weight is 274 g/mol. The van der Waals surface area contributed by atoms with Crippen molar-refractivity contribution in [3.05, 3.63) is 29.3 Å². The molecule has 2 unspecified atom stereocenters. The lowest BCUT2D eigenvalue weighted by molar-refractivity contribution is 0.128. The minimum atomic E-state index is 0.676. The summed E-state index contributed by atoms with van der Waals surface area (Å²) in [5.74, 6) is 0.996. The van der Waals surface area contributed by atoms with Gasteiger partial charge in [-0.05, 0) is 69.0 Å². The second-order valence-corrected chi connectivity index (χ2v) is 6.15. The molecule has 1 fully saturated rings. The van der Waals surface area contributed by atoms with Gasteiger partial charge in [-0.3, -0.25) is 4.90 Å². The Morgan fingerprint density at radius 3 is 2.95 bits per heavy atom. The zero-order valence-corrected chi connectivity index (χ0v) is 12.7. The van der Waals surface area contributed by atoms with Crippen molar-refractivity contribution in [1.82, 2.24) is 10.2 Å². The Morgan fingerprint density at radius 1 is 1.25 bits per heavy atom. The lowest BCUT2D eigenvalue weighted by Crippen LogP contribution is -2.50. The minimum absolute atomic E-state index is 0.676. The van der Waals surface area contributed by atoms with E-state index in [4.69, 9.17) is 4.74 Å². The third-order valence-electron chi connectivity index (χ3n) is 4.99. The van der Waals surface area contributed by atoms with E-state index in [1.54, 1.807) is 7.11 Å². The summed E-state index contributed by atoms with van der Waals surface area (Å²) in [6, 6.07) is 7.97. The summed E-state index contributed by atoms with van der Waals surface area (Å²) in [5, 5.41) is 3.45. The topological polar surface area (TPSA) is 24.5 Å². The molecule has 0 spiro atoms. The van der Waals surface area contributed by atoms with Gasteiger partial charge < -0.3 is 10.1 Å². The van der Waals surface area contributed by atoms with Crippen molar-refractivity contribution >= 4 is 0 Å². The highest BCUT2D eigenvalue weighted by Crippen LogP contribution is 2.29. The Hall–Kier alpha value is -1.06. The van der Waals surface area contributed by atoms with E-state index < -0.39 is 0 Å². The number of nitrogens with zero attached hydrogens (tertiary/aromatic N) is 1. The van der Waals surface area contributed by atoms with E-state index in [1.807, 2.05) is 0 Å². The van der Waals surface area contributed by atoms with Crippen molar-refractivity contribution in [2.75, 3.05) is 27.2 Å². The zero-order chi connectivity index (χ0) is 13.9. The standard InChI is InChI=1S/C17H26N2O/c1-18-15-4-3-9-19(12-15)16-7-5-13-6-8-17(20-2)11-14(13)10-16/h6,8,11,15-16,18H,3-5,7,9-10,12H2,1-2H3. The number of nitrogens with one attached hydrogen (secondary N) is 1. The number of fused-ring (bicyclic) bond motifs is 1. The molecule has 0 saturated carbocycles. The summed E-state index contributed by atoms with van der Waals surface area (Å²) in [6.45, 7) is 2.47. The maximum atomic E-state index is 5.37. The number of benzene rings is 1. The van der Waals surface area contributed by atoms with Crippen LogP contribution >= 0.6 is 0 Å². The molecule has 1 saturated heterocycles. The average Bonchev–Trinajstić information content (AvgIpc) is 2.53. The number of methoxy groups -OCH3 is 1. The molecule has 1 heterocycles. The molecule has 20 heavy (non-hydrogen) atoms. The molecule has 110 valence electrons. The van der Waals surface area contributed by atoms with E-state index in [0.29, 0.717) is 12.1 Å². The van der Waals surface area contributed by atoms with Crippen LogP contribution in [-0.4, -0.2) is 44.2 Å². The van der Waals surface area contributed by atoms with Gasteiger partial charge in [0, 0.05) is 18.6 Å². The van der Waals surface area contributed by atoms with Crippen molar-refractivity contribution < 1.29 is 4.74 Å². The fourth-order valence-corrected chi connectivity index (χ4v) is 3.73. The summed E-state index contributed by atoms with van der Waals surface area (Å²) < 4.78 is 5.37. The lowest BCUT2D eigenvalue weighted by Gasteiger charge is -2.40. The highest BCUT2D eigenvalue weighted by atomic mass is 16.5.